The molecule has 3 aromatic rings. The minimum atomic E-state index is -0.505. The van der Waals surface area contributed by atoms with Gasteiger partial charge in [0.15, 0.2) is 0 Å². The number of nitrogens with one attached hydrogen (secondary N) is 1. The predicted molar refractivity (Wildman–Crippen MR) is 123 cm³/mol. The van der Waals surface area contributed by atoms with E-state index in [9.17, 15) is 9.18 Å². The number of likely N-dealkylation sites (tertiary alicyclic amines) is 1. The van der Waals surface area contributed by atoms with Gasteiger partial charge in [-0.2, -0.15) is 10.5 Å². The van der Waals surface area contributed by atoms with Gasteiger partial charge in [-0.05, 0) is 59.5 Å². The van der Waals surface area contributed by atoms with Crippen LogP contribution in [0.1, 0.15) is 50.6 Å². The van der Waals surface area contributed by atoms with Gasteiger partial charge in [0.1, 0.15) is 6.67 Å². The third-order valence-corrected chi connectivity index (χ3v) is 6.00. The van der Waals surface area contributed by atoms with Crippen LogP contribution in [0.2, 0.25) is 0 Å². The second kappa shape index (κ2) is 10.1. The molecule has 0 radical (unpaired) electrons. The first-order valence-corrected chi connectivity index (χ1v) is 10.8. The summed E-state index contributed by atoms with van der Waals surface area (Å²) in [5, 5.41) is 21.2. The quantitative estimate of drug-likeness (QED) is 0.615. The molecule has 0 bridgehead atoms. The molecule has 1 N–H and O–H groups in total. The third kappa shape index (κ3) is 5.09. The van der Waals surface area contributed by atoms with Crippen LogP contribution in [0.4, 0.5) is 4.39 Å². The molecule has 33 heavy (non-hydrogen) atoms. The Morgan fingerprint density at radius 1 is 0.939 bits per heavy atom. The van der Waals surface area contributed by atoms with Crippen molar-refractivity contribution in [2.24, 2.45) is 0 Å². The molecule has 1 unspecified atom stereocenters. The lowest BCUT2D eigenvalue weighted by molar-refractivity contribution is 0.0937. The number of carbonyl (C=O) groups excluding carboxylic acids is 1. The number of nitrogens with zero attached hydrogens (tertiary/aromatic N) is 3. The van der Waals surface area contributed by atoms with Crippen LogP contribution in [0.15, 0.2) is 72.8 Å². The largest absolute Gasteiger partial charge is 0.348 e. The van der Waals surface area contributed by atoms with Crippen molar-refractivity contribution in [3.05, 3.63) is 106 Å². The first-order valence-electron chi connectivity index (χ1n) is 10.8. The van der Waals surface area contributed by atoms with Crippen molar-refractivity contribution in [1.82, 2.24) is 10.2 Å². The standard InChI is InChI=1S/C27H23FN4O/c28-15-19-1-7-22(8-2-19)26(23-9-3-20(16-29)4-10-23)32-14-13-25(18-32)31-27(33)24-11-5-21(17-30)6-12-24/h1-12,25-26H,13-15,18H2,(H,31,33)/t25?,26-/m0/s1. The molecule has 4 rings (SSSR count). The molecular formula is C27H23FN4O. The SMILES string of the molecule is N#Cc1ccc(C(=O)NC2CCN([C@H](c3ccc(C#N)cc3)c3ccc(CF)cc3)C2)cc1. The van der Waals surface area contributed by atoms with E-state index in [1.807, 2.05) is 24.3 Å². The zero-order valence-corrected chi connectivity index (χ0v) is 18.0. The summed E-state index contributed by atoms with van der Waals surface area (Å²) in [7, 11) is 0. The zero-order chi connectivity index (χ0) is 23.2. The summed E-state index contributed by atoms with van der Waals surface area (Å²) in [4.78, 5) is 15.0. The highest BCUT2D eigenvalue weighted by Gasteiger charge is 2.31. The van der Waals surface area contributed by atoms with Gasteiger partial charge >= 0.3 is 0 Å². The Morgan fingerprint density at radius 2 is 1.48 bits per heavy atom. The fourth-order valence-corrected chi connectivity index (χ4v) is 4.25. The van der Waals surface area contributed by atoms with Crippen molar-refractivity contribution in [3.63, 3.8) is 0 Å². The van der Waals surface area contributed by atoms with Crippen LogP contribution in [0, 0.1) is 22.7 Å². The van der Waals surface area contributed by atoms with Crippen LogP contribution in [0.3, 0.4) is 0 Å². The summed E-state index contributed by atoms with van der Waals surface area (Å²) in [6.45, 7) is 0.945. The van der Waals surface area contributed by atoms with Crippen molar-refractivity contribution in [2.45, 2.75) is 25.2 Å². The van der Waals surface area contributed by atoms with Gasteiger partial charge in [0.2, 0.25) is 0 Å². The number of nitriles is 2. The third-order valence-electron chi connectivity index (χ3n) is 6.00. The average Bonchev–Trinajstić information content (AvgIpc) is 3.32. The molecule has 3 aromatic carbocycles. The minimum Gasteiger partial charge on any atom is -0.348 e. The van der Waals surface area contributed by atoms with Gasteiger partial charge in [-0.3, -0.25) is 9.69 Å². The highest BCUT2D eigenvalue weighted by atomic mass is 19.1. The monoisotopic (exact) mass is 438 g/mol. The molecule has 1 aliphatic heterocycles. The summed E-state index contributed by atoms with van der Waals surface area (Å²) >= 11 is 0. The second-order valence-electron chi connectivity index (χ2n) is 8.15. The van der Waals surface area contributed by atoms with Crippen LogP contribution in [0.5, 0.6) is 0 Å². The van der Waals surface area contributed by atoms with Gasteiger partial charge in [0, 0.05) is 24.7 Å². The average molecular weight is 439 g/mol. The number of benzene rings is 3. The van der Waals surface area contributed by atoms with Crippen LogP contribution < -0.4 is 5.32 Å². The molecule has 1 amide bonds. The summed E-state index contributed by atoms with van der Waals surface area (Å²) in [5.41, 5.74) is 4.35. The maximum atomic E-state index is 13.0. The Balaban J connectivity index is 1.52. The molecule has 164 valence electrons. The van der Waals surface area contributed by atoms with Crippen molar-refractivity contribution in [1.29, 1.82) is 10.5 Å². The highest BCUT2D eigenvalue weighted by molar-refractivity contribution is 5.94. The Bertz CT molecular complexity index is 1190. The van der Waals surface area contributed by atoms with E-state index in [4.69, 9.17) is 10.5 Å². The molecule has 0 spiro atoms. The number of amides is 1. The van der Waals surface area contributed by atoms with Crippen LogP contribution in [0.25, 0.3) is 0 Å². The van der Waals surface area contributed by atoms with Crippen molar-refractivity contribution in [3.8, 4) is 12.1 Å². The minimum absolute atomic E-state index is 0.0147. The van der Waals surface area contributed by atoms with Crippen molar-refractivity contribution >= 4 is 5.91 Å². The molecule has 0 aromatic heterocycles. The number of halogens is 1. The van der Waals surface area contributed by atoms with Gasteiger partial charge in [-0.15, -0.1) is 0 Å². The first kappa shape index (κ1) is 22.2. The van der Waals surface area contributed by atoms with Crippen molar-refractivity contribution in [2.75, 3.05) is 13.1 Å². The molecule has 6 heteroatoms. The van der Waals surface area contributed by atoms with E-state index in [0.717, 1.165) is 24.1 Å². The number of carbonyl (C=O) groups is 1. The molecule has 1 saturated heterocycles. The summed E-state index contributed by atoms with van der Waals surface area (Å²) in [5.74, 6) is -0.159. The van der Waals surface area contributed by atoms with Crippen molar-refractivity contribution < 1.29 is 9.18 Å². The maximum absolute atomic E-state index is 13.0. The number of hydrogen-bond donors (Lipinski definition) is 1. The van der Waals surface area contributed by atoms with E-state index < -0.39 is 6.67 Å². The predicted octanol–water partition coefficient (Wildman–Crippen LogP) is 4.49. The molecule has 0 saturated carbocycles. The molecule has 5 nitrogen and oxygen atoms in total. The van der Waals surface area contributed by atoms with Gasteiger partial charge in [-0.1, -0.05) is 36.4 Å². The zero-order valence-electron chi connectivity index (χ0n) is 18.0. The lowest BCUT2D eigenvalue weighted by Gasteiger charge is -2.29. The van der Waals surface area contributed by atoms with Crippen LogP contribution in [-0.2, 0) is 6.67 Å². The summed E-state index contributed by atoms with van der Waals surface area (Å²) in [6.07, 6.45) is 0.803. The van der Waals surface area contributed by atoms with E-state index in [1.165, 1.54) is 0 Å². The normalized spacial score (nSPS) is 16.5. The lowest BCUT2D eigenvalue weighted by Crippen LogP contribution is -2.38. The second-order valence-corrected chi connectivity index (χ2v) is 8.15. The van der Waals surface area contributed by atoms with E-state index in [-0.39, 0.29) is 18.0 Å². The van der Waals surface area contributed by atoms with E-state index in [0.29, 0.717) is 28.8 Å². The Kier molecular flexibility index (Phi) is 6.78. The number of hydrogen-bond acceptors (Lipinski definition) is 4. The first-order chi connectivity index (χ1) is 16.1. The van der Waals surface area contributed by atoms with E-state index in [1.54, 1.807) is 48.5 Å². The Labute approximate surface area is 192 Å². The Morgan fingerprint density at radius 3 is 2.03 bits per heavy atom. The molecule has 0 aliphatic carbocycles. The molecule has 1 heterocycles. The number of alkyl halides is 1. The molecule has 2 atom stereocenters. The summed E-state index contributed by atoms with van der Waals surface area (Å²) < 4.78 is 13.0. The molecule has 1 fully saturated rings. The number of rotatable bonds is 6. The van der Waals surface area contributed by atoms with Gasteiger partial charge < -0.3 is 5.32 Å². The summed E-state index contributed by atoms with van der Waals surface area (Å²) in [6, 6.07) is 25.7. The highest BCUT2D eigenvalue weighted by Crippen LogP contribution is 2.32. The lowest BCUT2D eigenvalue weighted by atomic mass is 9.95. The van der Waals surface area contributed by atoms with Crippen LogP contribution >= 0.6 is 0 Å². The van der Waals surface area contributed by atoms with E-state index in [2.05, 4.69) is 22.4 Å². The van der Waals surface area contributed by atoms with E-state index >= 15 is 0 Å². The van der Waals surface area contributed by atoms with Crippen LogP contribution in [-0.4, -0.2) is 29.9 Å². The molecular weight excluding hydrogens is 415 g/mol. The fourth-order valence-electron chi connectivity index (χ4n) is 4.25. The molecule has 1 aliphatic rings. The maximum Gasteiger partial charge on any atom is 0.251 e. The van der Waals surface area contributed by atoms with Gasteiger partial charge in [0.25, 0.3) is 5.91 Å². The Hall–Kier alpha value is -4.00. The topological polar surface area (TPSA) is 79.9 Å². The van der Waals surface area contributed by atoms with Gasteiger partial charge in [-0.25, -0.2) is 4.39 Å². The van der Waals surface area contributed by atoms with Gasteiger partial charge in [0.05, 0.1) is 29.3 Å². The fraction of sp³-hybridized carbons (Fsp3) is 0.222. The smallest absolute Gasteiger partial charge is 0.251 e.